The van der Waals surface area contributed by atoms with Gasteiger partial charge in [0.05, 0.1) is 0 Å². The van der Waals surface area contributed by atoms with Gasteiger partial charge in [-0.1, -0.05) is 0 Å². The Morgan fingerprint density at radius 2 is 1.85 bits per heavy atom. The Labute approximate surface area is 157 Å². The van der Waals surface area contributed by atoms with Gasteiger partial charge in [0.2, 0.25) is 5.95 Å². The summed E-state index contributed by atoms with van der Waals surface area (Å²) in [6.45, 7) is 12.0. The van der Waals surface area contributed by atoms with Crippen LogP contribution in [0.5, 0.6) is 0 Å². The Morgan fingerprint density at radius 3 is 2.50 bits per heavy atom. The Balaban J connectivity index is 2.11. The number of rotatable bonds is 10. The van der Waals surface area contributed by atoms with Crippen molar-refractivity contribution < 1.29 is 4.74 Å². The highest BCUT2D eigenvalue weighted by molar-refractivity contribution is 5.65. The van der Waals surface area contributed by atoms with E-state index >= 15 is 0 Å². The summed E-state index contributed by atoms with van der Waals surface area (Å²) in [7, 11) is 1.71. The number of aromatic nitrogens is 2. The van der Waals surface area contributed by atoms with E-state index in [1.54, 1.807) is 7.11 Å². The number of ether oxygens (including phenoxy) is 1. The van der Waals surface area contributed by atoms with Crippen LogP contribution in [0, 0.1) is 13.8 Å². The normalized spacial score (nSPS) is 10.7. The van der Waals surface area contributed by atoms with Crippen LogP contribution in [0.1, 0.15) is 31.5 Å². The molecule has 6 heteroatoms. The number of aryl methyl sites for hydroxylation is 2. The zero-order chi connectivity index (χ0) is 18.9. The van der Waals surface area contributed by atoms with Gasteiger partial charge >= 0.3 is 0 Å². The second kappa shape index (κ2) is 9.97. The molecular formula is C20H31N5O. The number of nitrogens with one attached hydrogen (secondary N) is 2. The fourth-order valence-corrected chi connectivity index (χ4v) is 2.84. The van der Waals surface area contributed by atoms with Crippen molar-refractivity contribution in [2.45, 2.75) is 34.1 Å². The van der Waals surface area contributed by atoms with Crippen LogP contribution in [0.15, 0.2) is 24.3 Å². The lowest BCUT2D eigenvalue weighted by atomic mass is 10.1. The molecule has 0 bridgehead atoms. The van der Waals surface area contributed by atoms with Gasteiger partial charge in [-0.05, 0) is 57.9 Å². The van der Waals surface area contributed by atoms with Crippen LogP contribution < -0.4 is 15.5 Å². The standard InChI is InChI=1S/C20H31N5O/c1-6-25(7-2)17-9-10-18(15(3)13-17)23-19-14-16(4)22-20(24-19)21-11-8-12-26-5/h9-10,13-14H,6-8,11-12H2,1-5H3,(H2,21,22,23,24). The summed E-state index contributed by atoms with van der Waals surface area (Å²) >= 11 is 0. The monoisotopic (exact) mass is 357 g/mol. The van der Waals surface area contributed by atoms with Crippen LogP contribution in [0.2, 0.25) is 0 Å². The van der Waals surface area contributed by atoms with Gasteiger partial charge < -0.3 is 20.3 Å². The highest BCUT2D eigenvalue weighted by Crippen LogP contribution is 2.25. The Hall–Kier alpha value is -2.34. The Bertz CT molecular complexity index is 701. The summed E-state index contributed by atoms with van der Waals surface area (Å²) in [5.41, 5.74) is 4.43. The maximum absolute atomic E-state index is 5.07. The lowest BCUT2D eigenvalue weighted by Crippen LogP contribution is -2.21. The second-order valence-corrected chi connectivity index (χ2v) is 6.29. The van der Waals surface area contributed by atoms with Gasteiger partial charge in [-0.15, -0.1) is 0 Å². The smallest absolute Gasteiger partial charge is 0.224 e. The molecule has 6 nitrogen and oxygen atoms in total. The topological polar surface area (TPSA) is 62.3 Å². The van der Waals surface area contributed by atoms with Crippen LogP contribution in [0.4, 0.5) is 23.1 Å². The van der Waals surface area contributed by atoms with Gasteiger partial charge in [-0.2, -0.15) is 4.98 Å². The van der Waals surface area contributed by atoms with E-state index in [9.17, 15) is 0 Å². The predicted octanol–water partition coefficient (Wildman–Crippen LogP) is 4.13. The summed E-state index contributed by atoms with van der Waals surface area (Å²) in [6, 6.07) is 8.44. The van der Waals surface area contributed by atoms with E-state index in [4.69, 9.17) is 4.74 Å². The predicted molar refractivity (Wildman–Crippen MR) is 110 cm³/mol. The first-order valence-electron chi connectivity index (χ1n) is 9.28. The molecule has 26 heavy (non-hydrogen) atoms. The summed E-state index contributed by atoms with van der Waals surface area (Å²) in [4.78, 5) is 11.4. The van der Waals surface area contributed by atoms with E-state index in [0.717, 1.165) is 49.9 Å². The molecule has 142 valence electrons. The molecule has 0 atom stereocenters. The van der Waals surface area contributed by atoms with E-state index < -0.39 is 0 Å². The lowest BCUT2D eigenvalue weighted by molar-refractivity contribution is 0.197. The average Bonchev–Trinajstić information content (AvgIpc) is 2.62. The van der Waals surface area contributed by atoms with Crippen molar-refractivity contribution in [1.82, 2.24) is 9.97 Å². The van der Waals surface area contributed by atoms with Crippen molar-refractivity contribution in [2.75, 3.05) is 48.9 Å². The van der Waals surface area contributed by atoms with Gasteiger partial charge in [-0.25, -0.2) is 4.98 Å². The molecule has 1 aromatic carbocycles. The third-order valence-electron chi connectivity index (χ3n) is 4.26. The zero-order valence-electron chi connectivity index (χ0n) is 16.6. The maximum atomic E-state index is 5.07. The number of methoxy groups -OCH3 is 1. The van der Waals surface area contributed by atoms with Crippen LogP contribution >= 0.6 is 0 Å². The molecule has 2 N–H and O–H groups in total. The molecular weight excluding hydrogens is 326 g/mol. The van der Waals surface area contributed by atoms with Crippen molar-refractivity contribution in [1.29, 1.82) is 0 Å². The van der Waals surface area contributed by atoms with E-state index in [1.165, 1.54) is 11.3 Å². The molecule has 1 aromatic heterocycles. The number of hydrogen-bond donors (Lipinski definition) is 2. The van der Waals surface area contributed by atoms with E-state index in [-0.39, 0.29) is 0 Å². The van der Waals surface area contributed by atoms with E-state index in [0.29, 0.717) is 5.95 Å². The molecule has 0 amide bonds. The second-order valence-electron chi connectivity index (χ2n) is 6.29. The molecule has 0 aliphatic rings. The molecule has 0 spiro atoms. The molecule has 0 aliphatic carbocycles. The number of benzene rings is 1. The van der Waals surface area contributed by atoms with Crippen molar-refractivity contribution in [3.63, 3.8) is 0 Å². The highest BCUT2D eigenvalue weighted by atomic mass is 16.5. The Morgan fingerprint density at radius 1 is 1.08 bits per heavy atom. The van der Waals surface area contributed by atoms with Crippen molar-refractivity contribution in [3.05, 3.63) is 35.5 Å². The molecule has 2 rings (SSSR count). The van der Waals surface area contributed by atoms with Crippen LogP contribution in [0.3, 0.4) is 0 Å². The van der Waals surface area contributed by atoms with Gasteiger partial charge in [0.25, 0.3) is 0 Å². The lowest BCUT2D eigenvalue weighted by Gasteiger charge is -2.22. The first-order valence-corrected chi connectivity index (χ1v) is 9.28. The summed E-state index contributed by atoms with van der Waals surface area (Å²) < 4.78 is 5.07. The van der Waals surface area contributed by atoms with Gasteiger partial charge in [0.1, 0.15) is 5.82 Å². The maximum Gasteiger partial charge on any atom is 0.224 e. The van der Waals surface area contributed by atoms with Crippen LogP contribution in [0.25, 0.3) is 0 Å². The fourth-order valence-electron chi connectivity index (χ4n) is 2.84. The molecule has 0 unspecified atom stereocenters. The number of hydrogen-bond acceptors (Lipinski definition) is 6. The molecule has 0 saturated heterocycles. The van der Waals surface area contributed by atoms with Gasteiger partial charge in [0, 0.05) is 56.5 Å². The molecule has 1 heterocycles. The third-order valence-corrected chi connectivity index (χ3v) is 4.26. The van der Waals surface area contributed by atoms with E-state index in [2.05, 4.69) is 64.5 Å². The minimum Gasteiger partial charge on any atom is -0.385 e. The average molecular weight is 358 g/mol. The summed E-state index contributed by atoms with van der Waals surface area (Å²) in [6.07, 6.45) is 0.919. The largest absolute Gasteiger partial charge is 0.385 e. The van der Waals surface area contributed by atoms with E-state index in [1.807, 2.05) is 13.0 Å². The number of anilines is 4. The third kappa shape index (κ3) is 5.59. The summed E-state index contributed by atoms with van der Waals surface area (Å²) in [5.74, 6) is 1.44. The van der Waals surface area contributed by atoms with Crippen molar-refractivity contribution >= 4 is 23.1 Å². The SMILES string of the molecule is CCN(CC)c1ccc(Nc2cc(C)nc(NCCCOC)n2)c(C)c1. The van der Waals surface area contributed by atoms with Crippen LogP contribution in [-0.2, 0) is 4.74 Å². The minimum absolute atomic E-state index is 0.640. The van der Waals surface area contributed by atoms with Gasteiger partial charge in [0.15, 0.2) is 0 Å². The fraction of sp³-hybridized carbons (Fsp3) is 0.500. The quantitative estimate of drug-likeness (QED) is 0.623. The first kappa shape index (κ1) is 20.0. The summed E-state index contributed by atoms with van der Waals surface area (Å²) in [5, 5.41) is 6.67. The molecule has 2 aromatic rings. The molecule has 0 radical (unpaired) electrons. The zero-order valence-corrected chi connectivity index (χ0v) is 16.6. The Kier molecular flexibility index (Phi) is 7.66. The molecule has 0 aliphatic heterocycles. The van der Waals surface area contributed by atoms with Crippen molar-refractivity contribution in [3.8, 4) is 0 Å². The highest BCUT2D eigenvalue weighted by Gasteiger charge is 2.07. The molecule has 0 saturated carbocycles. The molecule has 0 fully saturated rings. The number of nitrogens with zero attached hydrogens (tertiary/aromatic N) is 3. The first-order chi connectivity index (χ1) is 12.6. The van der Waals surface area contributed by atoms with Crippen LogP contribution in [-0.4, -0.2) is 43.3 Å². The van der Waals surface area contributed by atoms with Crippen molar-refractivity contribution in [2.24, 2.45) is 0 Å². The minimum atomic E-state index is 0.640. The van der Waals surface area contributed by atoms with Gasteiger partial charge in [-0.3, -0.25) is 0 Å².